The molecule has 2 rings (SSSR count). The number of nitrogens with zero attached hydrogens (tertiary/aromatic N) is 2. The molecule has 2 aliphatic rings. The highest BCUT2D eigenvalue weighted by Gasteiger charge is 2.36. The van der Waals surface area contributed by atoms with Crippen molar-refractivity contribution in [2.75, 3.05) is 34.0 Å². The van der Waals surface area contributed by atoms with Crippen molar-refractivity contribution in [2.45, 2.75) is 51.0 Å². The standard InChI is InChI=1S/C15H26N2O5/c1-15(2)21-10-12(13(22-15)8-14(18)20-4)16-17-7-5-6-11(17)9-19-3/h11,13H,5-10H2,1-4H3/b16-12+/t11-,13-/m0/s1. The van der Waals surface area contributed by atoms with Crippen LogP contribution in [0.4, 0.5) is 0 Å². The van der Waals surface area contributed by atoms with E-state index in [2.05, 4.69) is 5.10 Å². The molecule has 0 bridgehead atoms. The fourth-order valence-corrected chi connectivity index (χ4v) is 2.75. The van der Waals surface area contributed by atoms with E-state index in [1.54, 1.807) is 7.11 Å². The van der Waals surface area contributed by atoms with Crippen molar-refractivity contribution in [1.29, 1.82) is 0 Å². The van der Waals surface area contributed by atoms with E-state index in [1.807, 2.05) is 18.9 Å². The first-order valence-electron chi connectivity index (χ1n) is 7.66. The Hall–Kier alpha value is -1.18. The summed E-state index contributed by atoms with van der Waals surface area (Å²) in [4.78, 5) is 11.6. The van der Waals surface area contributed by atoms with Crippen LogP contribution >= 0.6 is 0 Å². The Kier molecular flexibility index (Phi) is 5.77. The zero-order valence-corrected chi connectivity index (χ0v) is 13.8. The van der Waals surface area contributed by atoms with Gasteiger partial charge in [-0.15, -0.1) is 0 Å². The van der Waals surface area contributed by atoms with Gasteiger partial charge in [-0.05, 0) is 26.7 Å². The Morgan fingerprint density at radius 3 is 2.91 bits per heavy atom. The van der Waals surface area contributed by atoms with Crippen LogP contribution < -0.4 is 0 Å². The summed E-state index contributed by atoms with van der Waals surface area (Å²) >= 11 is 0. The lowest BCUT2D eigenvalue weighted by atomic mass is 10.1. The average molecular weight is 314 g/mol. The molecule has 7 nitrogen and oxygen atoms in total. The van der Waals surface area contributed by atoms with Crippen molar-refractivity contribution in [3.05, 3.63) is 0 Å². The van der Waals surface area contributed by atoms with Crippen molar-refractivity contribution in [2.24, 2.45) is 5.10 Å². The number of esters is 1. The molecule has 2 atom stereocenters. The number of rotatable bonds is 5. The fourth-order valence-electron chi connectivity index (χ4n) is 2.75. The molecule has 0 N–H and O–H groups in total. The molecule has 7 heteroatoms. The average Bonchev–Trinajstić information content (AvgIpc) is 2.89. The maximum Gasteiger partial charge on any atom is 0.308 e. The maximum atomic E-state index is 11.6. The van der Waals surface area contributed by atoms with Crippen molar-refractivity contribution in [1.82, 2.24) is 5.01 Å². The first-order valence-corrected chi connectivity index (χ1v) is 7.66. The summed E-state index contributed by atoms with van der Waals surface area (Å²) in [6.07, 6.45) is 1.87. The Balaban J connectivity index is 2.11. The molecule has 0 unspecified atom stereocenters. The van der Waals surface area contributed by atoms with Crippen LogP contribution in [0.1, 0.15) is 33.1 Å². The van der Waals surface area contributed by atoms with Gasteiger partial charge in [-0.3, -0.25) is 9.80 Å². The minimum Gasteiger partial charge on any atom is -0.469 e. The molecule has 0 saturated carbocycles. The predicted molar refractivity (Wildman–Crippen MR) is 80.6 cm³/mol. The molecule has 0 amide bonds. The fraction of sp³-hybridized carbons (Fsp3) is 0.867. The second-order valence-electron chi connectivity index (χ2n) is 6.08. The number of hydrazone groups is 1. The number of hydrogen-bond donors (Lipinski definition) is 0. The summed E-state index contributed by atoms with van der Waals surface area (Å²) in [5.41, 5.74) is 0.729. The summed E-state index contributed by atoms with van der Waals surface area (Å²) in [5.74, 6) is -1.04. The van der Waals surface area contributed by atoms with E-state index in [9.17, 15) is 4.79 Å². The lowest BCUT2D eigenvalue weighted by molar-refractivity contribution is -0.236. The second kappa shape index (κ2) is 7.39. The summed E-state index contributed by atoms with van der Waals surface area (Å²) in [7, 11) is 3.07. The lowest BCUT2D eigenvalue weighted by Crippen LogP contribution is -2.48. The highest BCUT2D eigenvalue weighted by atomic mass is 16.7. The third kappa shape index (κ3) is 4.41. The highest BCUT2D eigenvalue weighted by molar-refractivity contribution is 5.93. The molecule has 0 aromatic rings. The van der Waals surface area contributed by atoms with Gasteiger partial charge in [0.2, 0.25) is 0 Å². The topological polar surface area (TPSA) is 69.6 Å². The first kappa shape index (κ1) is 17.2. The third-order valence-electron chi connectivity index (χ3n) is 3.91. The van der Waals surface area contributed by atoms with Crippen molar-refractivity contribution in [3.8, 4) is 0 Å². The number of ether oxygens (including phenoxy) is 4. The third-order valence-corrected chi connectivity index (χ3v) is 3.91. The molecule has 2 fully saturated rings. The zero-order valence-electron chi connectivity index (χ0n) is 13.8. The number of carbonyl (C=O) groups is 1. The van der Waals surface area contributed by atoms with Gasteiger partial charge in [-0.25, -0.2) is 0 Å². The Morgan fingerprint density at radius 2 is 2.23 bits per heavy atom. The van der Waals surface area contributed by atoms with Crippen LogP contribution in [0.25, 0.3) is 0 Å². The van der Waals surface area contributed by atoms with Crippen LogP contribution in [0, 0.1) is 0 Å². The van der Waals surface area contributed by atoms with E-state index in [0.29, 0.717) is 13.2 Å². The number of carbonyl (C=O) groups excluding carboxylic acids is 1. The van der Waals surface area contributed by atoms with E-state index >= 15 is 0 Å². The Morgan fingerprint density at radius 1 is 1.45 bits per heavy atom. The minimum atomic E-state index is -0.728. The van der Waals surface area contributed by atoms with E-state index in [-0.39, 0.29) is 18.4 Å². The molecule has 0 aromatic heterocycles. The Labute approximate surface area is 131 Å². The van der Waals surface area contributed by atoms with Crippen LogP contribution in [0.2, 0.25) is 0 Å². The monoisotopic (exact) mass is 314 g/mol. The summed E-state index contributed by atoms with van der Waals surface area (Å²) in [6.45, 7) is 5.54. The normalized spacial score (nSPS) is 29.8. The van der Waals surface area contributed by atoms with Gasteiger partial charge in [0.05, 0.1) is 38.5 Å². The van der Waals surface area contributed by atoms with Crippen LogP contribution in [-0.2, 0) is 23.7 Å². The van der Waals surface area contributed by atoms with Crippen LogP contribution in [0.5, 0.6) is 0 Å². The molecule has 0 spiro atoms. The molecular weight excluding hydrogens is 288 g/mol. The van der Waals surface area contributed by atoms with E-state index in [0.717, 1.165) is 25.1 Å². The summed E-state index contributed by atoms with van der Waals surface area (Å²) < 4.78 is 21.5. The molecule has 0 aliphatic carbocycles. The summed E-state index contributed by atoms with van der Waals surface area (Å²) in [5, 5.41) is 6.70. The molecule has 2 aliphatic heterocycles. The van der Waals surface area contributed by atoms with Gasteiger partial charge >= 0.3 is 5.97 Å². The van der Waals surface area contributed by atoms with E-state index < -0.39 is 11.9 Å². The minimum absolute atomic E-state index is 0.144. The molecule has 0 aromatic carbocycles. The van der Waals surface area contributed by atoms with Crippen LogP contribution in [0.3, 0.4) is 0 Å². The van der Waals surface area contributed by atoms with Gasteiger partial charge in [0, 0.05) is 13.7 Å². The van der Waals surface area contributed by atoms with Crippen LogP contribution in [-0.4, -0.2) is 68.6 Å². The maximum absolute atomic E-state index is 11.6. The molecule has 0 radical (unpaired) electrons. The Bertz CT molecular complexity index is 424. The van der Waals surface area contributed by atoms with Gasteiger partial charge in [0.15, 0.2) is 5.79 Å². The van der Waals surface area contributed by atoms with Gasteiger partial charge < -0.3 is 18.9 Å². The molecule has 126 valence electrons. The van der Waals surface area contributed by atoms with Crippen molar-refractivity contribution < 1.29 is 23.7 Å². The predicted octanol–water partition coefficient (Wildman–Crippen LogP) is 1.17. The van der Waals surface area contributed by atoms with Gasteiger partial charge in [0.1, 0.15) is 6.10 Å². The van der Waals surface area contributed by atoms with Crippen molar-refractivity contribution >= 4 is 11.7 Å². The van der Waals surface area contributed by atoms with Crippen LogP contribution in [0.15, 0.2) is 5.10 Å². The summed E-state index contributed by atoms with van der Waals surface area (Å²) in [6, 6.07) is 0.270. The highest BCUT2D eigenvalue weighted by Crippen LogP contribution is 2.25. The zero-order chi connectivity index (χ0) is 16.2. The lowest BCUT2D eigenvalue weighted by Gasteiger charge is -2.37. The van der Waals surface area contributed by atoms with Gasteiger partial charge in [-0.1, -0.05) is 0 Å². The molecular formula is C15H26N2O5. The largest absolute Gasteiger partial charge is 0.469 e. The smallest absolute Gasteiger partial charge is 0.308 e. The second-order valence-corrected chi connectivity index (χ2v) is 6.08. The first-order chi connectivity index (χ1) is 10.4. The number of methoxy groups -OCH3 is 2. The van der Waals surface area contributed by atoms with Gasteiger partial charge in [0.25, 0.3) is 0 Å². The van der Waals surface area contributed by atoms with Gasteiger partial charge in [-0.2, -0.15) is 5.10 Å². The number of hydrogen-bond acceptors (Lipinski definition) is 7. The molecule has 2 heterocycles. The molecule has 22 heavy (non-hydrogen) atoms. The quantitative estimate of drug-likeness (QED) is 0.710. The van der Waals surface area contributed by atoms with E-state index in [4.69, 9.17) is 18.9 Å². The SMILES string of the molecule is COC[C@@H]1CCCN1/N=C1\COC(C)(C)O[C@H]1CC(=O)OC. The van der Waals surface area contributed by atoms with Crippen molar-refractivity contribution in [3.63, 3.8) is 0 Å². The van der Waals surface area contributed by atoms with E-state index in [1.165, 1.54) is 7.11 Å². The molecule has 2 saturated heterocycles.